The smallest absolute Gasteiger partial charge is 0.430 e. The number of hydrogen-bond acceptors (Lipinski definition) is 5. The van der Waals surface area contributed by atoms with Crippen LogP contribution >= 0.6 is 0 Å². The van der Waals surface area contributed by atoms with E-state index in [4.69, 9.17) is 20.1 Å². The van der Waals surface area contributed by atoms with Gasteiger partial charge in [-0.1, -0.05) is 30.3 Å². The Balaban J connectivity index is 0.000000956. The van der Waals surface area contributed by atoms with Gasteiger partial charge in [-0.3, -0.25) is 9.59 Å². The van der Waals surface area contributed by atoms with Crippen LogP contribution in [0.2, 0.25) is 0 Å². The Morgan fingerprint density at radius 3 is 2.14 bits per heavy atom. The SMILES string of the molecule is O=C(O)CCN(Cc1ccccc1)C(=O)CC[NH2+]CCCO.O=C([O-])C(F)(F)F. The molecule has 0 aliphatic heterocycles. The van der Waals surface area contributed by atoms with Crippen LogP contribution < -0.4 is 10.4 Å². The summed E-state index contributed by atoms with van der Waals surface area (Å²) in [6, 6.07) is 9.56. The van der Waals surface area contributed by atoms with Crippen molar-refractivity contribution in [2.24, 2.45) is 0 Å². The number of hydrogen-bond donors (Lipinski definition) is 3. The third-order valence-electron chi connectivity index (χ3n) is 3.52. The van der Waals surface area contributed by atoms with Gasteiger partial charge in [-0.25, -0.2) is 0 Å². The van der Waals surface area contributed by atoms with Gasteiger partial charge in [0, 0.05) is 26.1 Å². The lowest BCUT2D eigenvalue weighted by atomic mass is 10.2. The molecule has 0 fully saturated rings. The summed E-state index contributed by atoms with van der Waals surface area (Å²) in [7, 11) is 0. The van der Waals surface area contributed by atoms with Crippen molar-refractivity contribution >= 4 is 17.8 Å². The Morgan fingerprint density at radius 2 is 1.66 bits per heavy atom. The molecule has 0 saturated heterocycles. The lowest BCUT2D eigenvalue weighted by Crippen LogP contribution is -2.84. The molecule has 1 rings (SSSR count). The van der Waals surface area contributed by atoms with E-state index in [1.165, 1.54) is 0 Å². The summed E-state index contributed by atoms with van der Waals surface area (Å²) in [6.45, 7) is 2.25. The maximum atomic E-state index is 12.3. The summed E-state index contributed by atoms with van der Waals surface area (Å²) in [5.41, 5.74) is 0.991. The fourth-order valence-electron chi connectivity index (χ4n) is 2.09. The van der Waals surface area contributed by atoms with Crippen molar-refractivity contribution in [3.05, 3.63) is 35.9 Å². The number of amides is 1. The Bertz CT molecular complexity index is 626. The number of alkyl halides is 3. The van der Waals surface area contributed by atoms with Crippen LogP contribution in [0.15, 0.2) is 30.3 Å². The van der Waals surface area contributed by atoms with Crippen molar-refractivity contribution in [1.82, 2.24) is 4.90 Å². The first-order valence-corrected chi connectivity index (χ1v) is 8.82. The van der Waals surface area contributed by atoms with Crippen LogP contribution in [0, 0.1) is 0 Å². The molecular formula is C18H25F3N2O6. The summed E-state index contributed by atoms with van der Waals surface area (Å²) >= 11 is 0. The number of aliphatic hydroxyl groups excluding tert-OH is 1. The van der Waals surface area contributed by atoms with E-state index in [1.54, 1.807) is 4.90 Å². The molecule has 0 atom stereocenters. The molecule has 0 unspecified atom stereocenters. The molecule has 0 aliphatic rings. The number of quaternary nitrogens is 1. The van der Waals surface area contributed by atoms with Gasteiger partial charge in [0.2, 0.25) is 5.91 Å². The quantitative estimate of drug-likeness (QED) is 0.397. The molecular weight excluding hydrogens is 397 g/mol. The maximum Gasteiger partial charge on any atom is 0.430 e. The first kappa shape index (κ1) is 26.3. The maximum absolute atomic E-state index is 12.3. The second-order valence-corrected chi connectivity index (χ2v) is 5.92. The number of benzene rings is 1. The molecule has 1 aromatic carbocycles. The number of carboxylic acids is 2. The van der Waals surface area contributed by atoms with E-state index in [9.17, 15) is 22.8 Å². The molecule has 164 valence electrons. The highest BCUT2D eigenvalue weighted by Crippen LogP contribution is 2.11. The zero-order chi connectivity index (χ0) is 22.3. The molecule has 0 aromatic heterocycles. The Morgan fingerprint density at radius 1 is 1.07 bits per heavy atom. The van der Waals surface area contributed by atoms with Gasteiger partial charge in [0.25, 0.3) is 0 Å². The Labute approximate surface area is 165 Å². The van der Waals surface area contributed by atoms with Gasteiger partial charge >= 0.3 is 12.1 Å². The van der Waals surface area contributed by atoms with E-state index in [-0.39, 0.29) is 25.5 Å². The van der Waals surface area contributed by atoms with Gasteiger partial charge in [-0.15, -0.1) is 0 Å². The standard InChI is InChI=1S/C16H24N2O4.C2HF3O2/c19-12-4-9-17-10-7-15(20)18(11-8-16(21)22)13-14-5-2-1-3-6-14;3-2(4,5)1(6)7/h1-3,5-6,17,19H,4,7-13H2,(H,21,22);(H,6,7). The highest BCUT2D eigenvalue weighted by molar-refractivity contribution is 5.77. The van der Waals surface area contributed by atoms with E-state index in [0.29, 0.717) is 25.9 Å². The van der Waals surface area contributed by atoms with Crippen LogP contribution in [0.3, 0.4) is 0 Å². The molecule has 1 aromatic rings. The third kappa shape index (κ3) is 14.1. The van der Waals surface area contributed by atoms with Crippen LogP contribution in [0.5, 0.6) is 0 Å². The molecule has 4 N–H and O–H groups in total. The lowest BCUT2D eigenvalue weighted by Gasteiger charge is -2.22. The zero-order valence-corrected chi connectivity index (χ0v) is 15.7. The van der Waals surface area contributed by atoms with Crippen molar-refractivity contribution in [3.8, 4) is 0 Å². The minimum absolute atomic E-state index is 0.0367. The van der Waals surface area contributed by atoms with Gasteiger partial charge < -0.3 is 30.3 Å². The summed E-state index contributed by atoms with van der Waals surface area (Å²) in [5, 5.41) is 28.3. The average Bonchev–Trinajstić information content (AvgIpc) is 2.65. The van der Waals surface area contributed by atoms with E-state index in [1.807, 2.05) is 35.6 Å². The molecule has 0 heterocycles. The second-order valence-electron chi connectivity index (χ2n) is 5.92. The third-order valence-corrected chi connectivity index (χ3v) is 3.52. The highest BCUT2D eigenvalue weighted by atomic mass is 19.4. The fourth-order valence-corrected chi connectivity index (χ4v) is 2.09. The van der Waals surface area contributed by atoms with Crippen molar-refractivity contribution in [2.45, 2.75) is 32.0 Å². The number of carboxylic acid groups (broad SMARTS) is 2. The van der Waals surface area contributed by atoms with E-state index >= 15 is 0 Å². The average molecular weight is 422 g/mol. The lowest BCUT2D eigenvalue weighted by molar-refractivity contribution is -0.654. The predicted octanol–water partition coefficient (Wildman–Crippen LogP) is -0.876. The summed E-state index contributed by atoms with van der Waals surface area (Å²) < 4.78 is 31.5. The summed E-state index contributed by atoms with van der Waals surface area (Å²) in [4.78, 5) is 33.4. The molecule has 0 spiro atoms. The first-order chi connectivity index (χ1) is 13.6. The number of carbonyl (C=O) groups is 3. The molecule has 0 saturated carbocycles. The van der Waals surface area contributed by atoms with Crippen molar-refractivity contribution in [3.63, 3.8) is 0 Å². The van der Waals surface area contributed by atoms with E-state index < -0.39 is 18.1 Å². The number of nitrogens with zero attached hydrogens (tertiary/aromatic N) is 1. The number of halogens is 3. The number of aliphatic carboxylic acids is 2. The van der Waals surface area contributed by atoms with E-state index in [0.717, 1.165) is 12.1 Å². The Hall–Kier alpha value is -2.66. The van der Waals surface area contributed by atoms with Crippen LogP contribution in [-0.2, 0) is 20.9 Å². The number of rotatable bonds is 11. The van der Waals surface area contributed by atoms with Gasteiger partial charge in [-0.2, -0.15) is 13.2 Å². The molecule has 11 heteroatoms. The largest absolute Gasteiger partial charge is 0.542 e. The second kappa shape index (κ2) is 14.4. The number of nitrogens with two attached hydrogens (primary N) is 1. The van der Waals surface area contributed by atoms with Gasteiger partial charge in [0.15, 0.2) is 0 Å². The molecule has 29 heavy (non-hydrogen) atoms. The van der Waals surface area contributed by atoms with Gasteiger partial charge in [0.05, 0.1) is 25.9 Å². The fraction of sp³-hybridized carbons (Fsp3) is 0.500. The minimum atomic E-state index is -5.19. The predicted molar refractivity (Wildman–Crippen MR) is 93.2 cm³/mol. The number of aliphatic hydroxyl groups is 1. The van der Waals surface area contributed by atoms with Crippen LogP contribution in [-0.4, -0.2) is 65.4 Å². The molecule has 0 radical (unpaired) electrons. The van der Waals surface area contributed by atoms with E-state index in [2.05, 4.69) is 0 Å². The first-order valence-electron chi connectivity index (χ1n) is 8.82. The van der Waals surface area contributed by atoms with Gasteiger partial charge in [0.1, 0.15) is 5.97 Å². The van der Waals surface area contributed by atoms with Crippen molar-refractivity contribution in [2.75, 3.05) is 26.2 Å². The van der Waals surface area contributed by atoms with Crippen LogP contribution in [0.4, 0.5) is 13.2 Å². The van der Waals surface area contributed by atoms with Crippen LogP contribution in [0.25, 0.3) is 0 Å². The summed E-state index contributed by atoms with van der Waals surface area (Å²) in [5.74, 6) is -3.95. The normalized spacial score (nSPS) is 10.6. The molecule has 0 aliphatic carbocycles. The molecule has 1 amide bonds. The van der Waals surface area contributed by atoms with Crippen molar-refractivity contribution < 1.29 is 48.2 Å². The molecule has 0 bridgehead atoms. The van der Waals surface area contributed by atoms with Crippen LogP contribution in [0.1, 0.15) is 24.8 Å². The van der Waals surface area contributed by atoms with Gasteiger partial charge in [-0.05, 0) is 5.56 Å². The minimum Gasteiger partial charge on any atom is -0.542 e. The highest BCUT2D eigenvalue weighted by Gasteiger charge is 2.28. The molecule has 8 nitrogen and oxygen atoms in total. The summed E-state index contributed by atoms with van der Waals surface area (Å²) in [6.07, 6.45) is -4.16. The monoisotopic (exact) mass is 422 g/mol. The topological polar surface area (TPSA) is 135 Å². The Kier molecular flexibility index (Phi) is 13.0. The zero-order valence-electron chi connectivity index (χ0n) is 15.7. The van der Waals surface area contributed by atoms with Crippen molar-refractivity contribution in [1.29, 1.82) is 0 Å². The number of carbonyl (C=O) groups excluding carboxylic acids is 2.